The molecule has 1 atom stereocenters. The molecule has 1 aromatic carbocycles. The van der Waals surface area contributed by atoms with Crippen molar-refractivity contribution in [2.45, 2.75) is 25.6 Å². The van der Waals surface area contributed by atoms with Crippen molar-refractivity contribution in [3.05, 3.63) is 34.1 Å². The van der Waals surface area contributed by atoms with Gasteiger partial charge >= 0.3 is 6.18 Å². The van der Waals surface area contributed by atoms with Crippen LogP contribution in [0.4, 0.5) is 17.6 Å². The lowest BCUT2D eigenvalue weighted by Gasteiger charge is -2.16. The Morgan fingerprint density at radius 1 is 1.44 bits per heavy atom. The average Bonchev–Trinajstić information content (AvgIpc) is 2.18. The summed E-state index contributed by atoms with van der Waals surface area (Å²) in [6.45, 7) is 1.21. The molecular formula is C11H10BrF4NO. The first kappa shape index (κ1) is 14.9. The van der Waals surface area contributed by atoms with Crippen molar-refractivity contribution in [3.63, 3.8) is 0 Å². The Balaban J connectivity index is 2.74. The van der Waals surface area contributed by atoms with Crippen LogP contribution >= 0.6 is 15.9 Å². The number of alkyl halides is 3. The van der Waals surface area contributed by atoms with E-state index in [1.54, 1.807) is 0 Å². The molecule has 1 aromatic rings. The average molecular weight is 328 g/mol. The summed E-state index contributed by atoms with van der Waals surface area (Å²) in [5.41, 5.74) is -0.293. The molecule has 0 aliphatic carbocycles. The maximum absolute atomic E-state index is 13.5. The molecule has 2 nitrogen and oxygen atoms in total. The van der Waals surface area contributed by atoms with Gasteiger partial charge in [-0.3, -0.25) is 4.79 Å². The van der Waals surface area contributed by atoms with Crippen molar-refractivity contribution in [1.82, 2.24) is 5.32 Å². The Bertz CT molecular complexity index is 447. The van der Waals surface area contributed by atoms with Gasteiger partial charge in [0.25, 0.3) is 5.91 Å². The van der Waals surface area contributed by atoms with Crippen molar-refractivity contribution < 1.29 is 22.4 Å². The number of carbonyl (C=O) groups excluding carboxylic acids is 1. The zero-order valence-electron chi connectivity index (χ0n) is 9.31. The molecular weight excluding hydrogens is 318 g/mol. The quantitative estimate of drug-likeness (QED) is 0.843. The topological polar surface area (TPSA) is 29.1 Å². The van der Waals surface area contributed by atoms with E-state index in [0.29, 0.717) is 0 Å². The maximum Gasteiger partial charge on any atom is 0.391 e. The van der Waals surface area contributed by atoms with Gasteiger partial charge in [0.1, 0.15) is 5.82 Å². The predicted molar refractivity (Wildman–Crippen MR) is 61.7 cm³/mol. The van der Waals surface area contributed by atoms with Crippen LogP contribution in [0.15, 0.2) is 22.7 Å². The molecule has 0 aliphatic heterocycles. The summed E-state index contributed by atoms with van der Waals surface area (Å²) in [7, 11) is 0. The zero-order valence-corrected chi connectivity index (χ0v) is 10.9. The third-order valence-electron chi connectivity index (χ3n) is 2.11. The second kappa shape index (κ2) is 5.69. The first-order valence-corrected chi connectivity index (χ1v) is 5.81. The van der Waals surface area contributed by atoms with Gasteiger partial charge in [0.05, 0.1) is 16.5 Å². The van der Waals surface area contributed by atoms with E-state index >= 15 is 0 Å². The fraction of sp³-hybridized carbons (Fsp3) is 0.364. The lowest BCUT2D eigenvalue weighted by molar-refractivity contribution is -0.138. The van der Waals surface area contributed by atoms with Crippen molar-refractivity contribution in [3.8, 4) is 0 Å². The van der Waals surface area contributed by atoms with E-state index < -0.39 is 30.4 Å². The molecule has 1 rings (SSSR count). The van der Waals surface area contributed by atoms with Gasteiger partial charge in [-0.15, -0.1) is 0 Å². The van der Waals surface area contributed by atoms with Gasteiger partial charge in [0.15, 0.2) is 0 Å². The molecule has 0 saturated carbocycles. The van der Waals surface area contributed by atoms with Gasteiger partial charge in [-0.2, -0.15) is 13.2 Å². The van der Waals surface area contributed by atoms with Crippen LogP contribution in [0, 0.1) is 5.82 Å². The summed E-state index contributed by atoms with van der Waals surface area (Å²) in [6.07, 6.45) is -5.53. The first-order chi connectivity index (χ1) is 8.20. The number of benzene rings is 1. The van der Waals surface area contributed by atoms with E-state index in [2.05, 4.69) is 21.2 Å². The van der Waals surface area contributed by atoms with Crippen LogP contribution in [0.1, 0.15) is 23.7 Å². The number of nitrogens with one attached hydrogen (secondary N) is 1. The number of rotatable bonds is 3. The zero-order chi connectivity index (χ0) is 13.9. The van der Waals surface area contributed by atoms with Gasteiger partial charge in [-0.1, -0.05) is 6.07 Å². The van der Waals surface area contributed by atoms with Crippen molar-refractivity contribution in [1.29, 1.82) is 0 Å². The van der Waals surface area contributed by atoms with Gasteiger partial charge in [-0.25, -0.2) is 4.39 Å². The summed E-state index contributed by atoms with van der Waals surface area (Å²) in [4.78, 5) is 11.6. The number of hydrogen-bond acceptors (Lipinski definition) is 1. The highest BCUT2D eigenvalue weighted by Gasteiger charge is 2.31. The second-order valence-corrected chi connectivity index (χ2v) is 4.65. The maximum atomic E-state index is 13.5. The molecule has 1 amide bonds. The molecule has 0 aliphatic rings. The van der Waals surface area contributed by atoms with E-state index in [1.165, 1.54) is 25.1 Å². The van der Waals surface area contributed by atoms with Crippen LogP contribution in [0.3, 0.4) is 0 Å². The van der Waals surface area contributed by atoms with E-state index in [1.807, 2.05) is 0 Å². The Hall–Kier alpha value is -1.11. The highest BCUT2D eigenvalue weighted by atomic mass is 79.9. The summed E-state index contributed by atoms with van der Waals surface area (Å²) < 4.78 is 49.8. The fourth-order valence-corrected chi connectivity index (χ4v) is 1.75. The van der Waals surface area contributed by atoms with Gasteiger partial charge in [-0.05, 0) is 35.0 Å². The first-order valence-electron chi connectivity index (χ1n) is 5.02. The second-order valence-electron chi connectivity index (χ2n) is 3.80. The molecule has 0 fully saturated rings. The third kappa shape index (κ3) is 4.29. The van der Waals surface area contributed by atoms with Crippen LogP contribution in [-0.2, 0) is 0 Å². The van der Waals surface area contributed by atoms with Crippen LogP contribution in [0.2, 0.25) is 0 Å². The SMILES string of the molecule is CC(CC(F)(F)F)NC(=O)c1cccc(Br)c1F. The Kier molecular flexibility index (Phi) is 4.72. The Labute approximate surface area is 109 Å². The summed E-state index contributed by atoms with van der Waals surface area (Å²) in [5.74, 6) is -1.67. The Morgan fingerprint density at radius 3 is 2.61 bits per heavy atom. The molecule has 0 radical (unpaired) electrons. The molecule has 0 heterocycles. The van der Waals surface area contributed by atoms with Crippen molar-refractivity contribution in [2.75, 3.05) is 0 Å². The summed E-state index contributed by atoms with van der Waals surface area (Å²) in [6, 6.07) is 2.91. The number of halogens is 5. The molecule has 1 unspecified atom stereocenters. The number of hydrogen-bond donors (Lipinski definition) is 1. The largest absolute Gasteiger partial charge is 0.391 e. The standard InChI is InChI=1S/C11H10BrF4NO/c1-6(5-11(14,15)16)17-10(18)7-3-2-4-8(12)9(7)13/h2-4,6H,5H2,1H3,(H,17,18). The lowest BCUT2D eigenvalue weighted by Crippen LogP contribution is -2.36. The van der Waals surface area contributed by atoms with Gasteiger partial charge < -0.3 is 5.32 Å². The van der Waals surface area contributed by atoms with Crippen LogP contribution in [0.25, 0.3) is 0 Å². The molecule has 0 aromatic heterocycles. The minimum Gasteiger partial charge on any atom is -0.349 e. The number of amides is 1. The monoisotopic (exact) mass is 327 g/mol. The normalized spacial score (nSPS) is 13.2. The minimum atomic E-state index is -4.37. The van der Waals surface area contributed by atoms with Crippen molar-refractivity contribution >= 4 is 21.8 Å². The lowest BCUT2D eigenvalue weighted by atomic mass is 10.1. The molecule has 100 valence electrons. The summed E-state index contributed by atoms with van der Waals surface area (Å²) >= 11 is 2.89. The van der Waals surface area contributed by atoms with Crippen molar-refractivity contribution in [2.24, 2.45) is 0 Å². The smallest absolute Gasteiger partial charge is 0.349 e. The predicted octanol–water partition coefficient (Wildman–Crippen LogP) is 3.66. The van der Waals surface area contributed by atoms with Gasteiger partial charge in [0.2, 0.25) is 0 Å². The molecule has 1 N–H and O–H groups in total. The van der Waals surface area contributed by atoms with Crippen LogP contribution in [0.5, 0.6) is 0 Å². The van der Waals surface area contributed by atoms with Crippen LogP contribution in [-0.4, -0.2) is 18.1 Å². The molecule has 7 heteroatoms. The van der Waals surface area contributed by atoms with E-state index in [-0.39, 0.29) is 10.0 Å². The molecule has 0 spiro atoms. The van der Waals surface area contributed by atoms with E-state index in [9.17, 15) is 22.4 Å². The molecule has 0 bridgehead atoms. The highest BCUT2D eigenvalue weighted by Crippen LogP contribution is 2.22. The summed E-state index contributed by atoms with van der Waals surface area (Å²) in [5, 5.41) is 2.10. The minimum absolute atomic E-state index is 0.0821. The van der Waals surface area contributed by atoms with Crippen LogP contribution < -0.4 is 5.32 Å². The molecule has 0 saturated heterocycles. The van der Waals surface area contributed by atoms with E-state index in [0.717, 1.165) is 0 Å². The molecule has 18 heavy (non-hydrogen) atoms. The van der Waals surface area contributed by atoms with E-state index in [4.69, 9.17) is 0 Å². The fourth-order valence-electron chi connectivity index (χ4n) is 1.38. The Morgan fingerprint density at radius 2 is 2.06 bits per heavy atom. The third-order valence-corrected chi connectivity index (χ3v) is 2.72. The highest BCUT2D eigenvalue weighted by molar-refractivity contribution is 9.10. The van der Waals surface area contributed by atoms with Gasteiger partial charge in [0, 0.05) is 6.04 Å². The number of carbonyl (C=O) groups is 1.